The van der Waals surface area contributed by atoms with Gasteiger partial charge in [-0.1, -0.05) is 24.3 Å². The minimum absolute atomic E-state index is 0.0371. The predicted octanol–water partition coefficient (Wildman–Crippen LogP) is 4.34. The molecule has 4 aromatic rings. The molecule has 0 aliphatic carbocycles. The smallest absolute Gasteiger partial charge is 0.103 e. The number of hydrogen-bond donors (Lipinski definition) is 3. The first kappa shape index (κ1) is 15.9. The van der Waals surface area contributed by atoms with Gasteiger partial charge in [0.25, 0.3) is 0 Å². The van der Waals surface area contributed by atoms with Crippen molar-refractivity contribution >= 4 is 22.3 Å². The van der Waals surface area contributed by atoms with Crippen LogP contribution in [0.4, 0.5) is 11.4 Å². The molecule has 0 fully saturated rings. The number of fused-ring (bicyclic) bond motifs is 1. The largest absolute Gasteiger partial charge is 0.392 e. The van der Waals surface area contributed by atoms with Crippen LogP contribution in [0.1, 0.15) is 11.1 Å². The number of benzene rings is 2. The molecule has 2 aromatic heterocycles. The number of pyridine rings is 1. The lowest BCUT2D eigenvalue weighted by Gasteiger charge is -2.15. The maximum Gasteiger partial charge on any atom is 0.103 e. The fraction of sp³-hybridized carbons (Fsp3) is 0.0476. The molecule has 0 aliphatic heterocycles. The molecule has 0 aliphatic rings. The summed E-state index contributed by atoms with van der Waals surface area (Å²) in [6.07, 6.45) is 5.18. The molecule has 2 aromatic carbocycles. The summed E-state index contributed by atoms with van der Waals surface area (Å²) < 4.78 is 0. The lowest BCUT2D eigenvalue weighted by Crippen LogP contribution is -1.99. The van der Waals surface area contributed by atoms with Crippen molar-refractivity contribution in [3.8, 4) is 17.2 Å². The highest BCUT2D eigenvalue weighted by atomic mass is 16.3. The Balaban J connectivity index is 1.87. The summed E-state index contributed by atoms with van der Waals surface area (Å²) in [7, 11) is 0. The van der Waals surface area contributed by atoms with Crippen LogP contribution in [-0.4, -0.2) is 15.1 Å². The van der Waals surface area contributed by atoms with Crippen molar-refractivity contribution < 1.29 is 5.11 Å². The SMILES string of the molecule is N#Cc1cncc(-c2cccc(CO)c2)c1Nc1cccc2[nH]ccc12. The summed E-state index contributed by atoms with van der Waals surface area (Å²) in [4.78, 5) is 7.40. The minimum Gasteiger partial charge on any atom is -0.392 e. The van der Waals surface area contributed by atoms with Gasteiger partial charge < -0.3 is 15.4 Å². The maximum absolute atomic E-state index is 9.57. The number of aliphatic hydroxyl groups is 1. The first-order valence-corrected chi connectivity index (χ1v) is 8.21. The average molecular weight is 340 g/mol. The highest BCUT2D eigenvalue weighted by Crippen LogP contribution is 2.34. The number of nitriles is 1. The first-order chi connectivity index (χ1) is 12.8. The molecule has 4 rings (SSSR count). The number of aromatic nitrogens is 2. The Hall–Kier alpha value is -3.62. The van der Waals surface area contributed by atoms with Gasteiger partial charge in [0.15, 0.2) is 0 Å². The molecule has 26 heavy (non-hydrogen) atoms. The summed E-state index contributed by atoms with van der Waals surface area (Å²) >= 11 is 0. The molecule has 0 saturated heterocycles. The van der Waals surface area contributed by atoms with Gasteiger partial charge in [-0.05, 0) is 35.4 Å². The number of aromatic amines is 1. The van der Waals surface area contributed by atoms with Gasteiger partial charge in [-0.2, -0.15) is 5.26 Å². The highest BCUT2D eigenvalue weighted by Gasteiger charge is 2.13. The van der Waals surface area contributed by atoms with E-state index in [0.717, 1.165) is 33.3 Å². The Morgan fingerprint density at radius 3 is 2.85 bits per heavy atom. The van der Waals surface area contributed by atoms with Gasteiger partial charge in [0.05, 0.1) is 17.9 Å². The zero-order valence-electron chi connectivity index (χ0n) is 13.9. The van der Waals surface area contributed by atoms with E-state index in [1.807, 2.05) is 54.7 Å². The lowest BCUT2D eigenvalue weighted by atomic mass is 10.0. The normalized spacial score (nSPS) is 10.6. The molecule has 0 radical (unpaired) electrons. The van der Waals surface area contributed by atoms with Crippen molar-refractivity contribution in [2.45, 2.75) is 6.61 Å². The molecular formula is C21H16N4O. The van der Waals surface area contributed by atoms with Crippen LogP contribution in [-0.2, 0) is 6.61 Å². The fourth-order valence-corrected chi connectivity index (χ4v) is 3.07. The number of nitrogens with zero attached hydrogens (tertiary/aromatic N) is 2. The first-order valence-electron chi connectivity index (χ1n) is 8.21. The van der Waals surface area contributed by atoms with E-state index in [9.17, 15) is 10.4 Å². The van der Waals surface area contributed by atoms with E-state index in [4.69, 9.17) is 0 Å². The highest BCUT2D eigenvalue weighted by molar-refractivity contribution is 5.96. The van der Waals surface area contributed by atoms with Crippen LogP contribution in [0.15, 0.2) is 67.1 Å². The van der Waals surface area contributed by atoms with Gasteiger partial charge in [-0.3, -0.25) is 4.98 Å². The lowest BCUT2D eigenvalue weighted by molar-refractivity contribution is 0.282. The fourth-order valence-electron chi connectivity index (χ4n) is 3.07. The third-order valence-electron chi connectivity index (χ3n) is 4.34. The van der Waals surface area contributed by atoms with Crippen molar-refractivity contribution in [1.82, 2.24) is 9.97 Å². The van der Waals surface area contributed by atoms with E-state index in [-0.39, 0.29) is 6.61 Å². The van der Waals surface area contributed by atoms with E-state index in [1.165, 1.54) is 0 Å². The Labute approximate surface area is 150 Å². The van der Waals surface area contributed by atoms with Crippen LogP contribution in [0.25, 0.3) is 22.0 Å². The monoisotopic (exact) mass is 340 g/mol. The third-order valence-corrected chi connectivity index (χ3v) is 4.34. The van der Waals surface area contributed by atoms with Gasteiger partial charge in [-0.15, -0.1) is 0 Å². The summed E-state index contributed by atoms with van der Waals surface area (Å²) in [5, 5.41) is 23.4. The molecule has 0 saturated carbocycles. The molecule has 0 atom stereocenters. The number of nitrogens with one attached hydrogen (secondary N) is 2. The topological polar surface area (TPSA) is 84.7 Å². The Morgan fingerprint density at radius 1 is 1.12 bits per heavy atom. The van der Waals surface area contributed by atoms with Crippen LogP contribution in [0.3, 0.4) is 0 Å². The Bertz CT molecular complexity index is 1120. The number of hydrogen-bond acceptors (Lipinski definition) is 4. The van der Waals surface area contributed by atoms with E-state index in [1.54, 1.807) is 12.4 Å². The average Bonchev–Trinajstić information content (AvgIpc) is 3.18. The van der Waals surface area contributed by atoms with Crippen LogP contribution >= 0.6 is 0 Å². The number of anilines is 2. The van der Waals surface area contributed by atoms with Crippen molar-refractivity contribution in [3.63, 3.8) is 0 Å². The van der Waals surface area contributed by atoms with Gasteiger partial charge in [0.1, 0.15) is 6.07 Å². The second kappa shape index (κ2) is 6.71. The van der Waals surface area contributed by atoms with E-state index >= 15 is 0 Å². The molecule has 5 nitrogen and oxygen atoms in total. The molecular weight excluding hydrogens is 324 g/mol. The molecule has 0 spiro atoms. The van der Waals surface area contributed by atoms with E-state index < -0.39 is 0 Å². The molecule has 5 heteroatoms. The quantitative estimate of drug-likeness (QED) is 0.516. The number of rotatable bonds is 4. The van der Waals surface area contributed by atoms with Crippen LogP contribution in [0.2, 0.25) is 0 Å². The molecule has 0 bridgehead atoms. The minimum atomic E-state index is -0.0371. The van der Waals surface area contributed by atoms with Crippen molar-refractivity contribution in [2.75, 3.05) is 5.32 Å². The predicted molar refractivity (Wildman–Crippen MR) is 102 cm³/mol. The Morgan fingerprint density at radius 2 is 2.00 bits per heavy atom. The molecule has 3 N–H and O–H groups in total. The summed E-state index contributed by atoms with van der Waals surface area (Å²) in [6, 6.07) is 17.7. The standard InChI is InChI=1S/C21H16N4O/c22-10-16-11-23-12-18(15-4-1-3-14(9-15)13-26)21(16)25-20-6-2-5-19-17(20)7-8-24-19/h1-9,11-12,24,26H,13H2,(H,23,25). The molecule has 0 unspecified atom stereocenters. The van der Waals surface area contributed by atoms with Crippen LogP contribution in [0, 0.1) is 11.3 Å². The van der Waals surface area contributed by atoms with E-state index in [0.29, 0.717) is 11.3 Å². The van der Waals surface area contributed by atoms with Gasteiger partial charge in [0.2, 0.25) is 0 Å². The summed E-state index contributed by atoms with van der Waals surface area (Å²) in [5.74, 6) is 0. The van der Waals surface area contributed by atoms with Crippen molar-refractivity contribution in [1.29, 1.82) is 5.26 Å². The van der Waals surface area contributed by atoms with Crippen molar-refractivity contribution in [2.24, 2.45) is 0 Å². The summed E-state index contributed by atoms with van der Waals surface area (Å²) in [5.41, 5.74) is 5.61. The van der Waals surface area contributed by atoms with Crippen molar-refractivity contribution in [3.05, 3.63) is 78.2 Å². The second-order valence-electron chi connectivity index (χ2n) is 5.95. The Kier molecular flexibility index (Phi) is 4.10. The molecule has 2 heterocycles. The second-order valence-corrected chi connectivity index (χ2v) is 5.95. The maximum atomic E-state index is 9.57. The third kappa shape index (κ3) is 2.79. The van der Waals surface area contributed by atoms with Gasteiger partial charge >= 0.3 is 0 Å². The zero-order chi connectivity index (χ0) is 17.9. The number of aliphatic hydroxyl groups excluding tert-OH is 1. The van der Waals surface area contributed by atoms with Crippen LogP contribution in [0.5, 0.6) is 0 Å². The molecule has 126 valence electrons. The van der Waals surface area contributed by atoms with Crippen LogP contribution < -0.4 is 5.32 Å². The number of H-pyrrole nitrogens is 1. The van der Waals surface area contributed by atoms with Gasteiger partial charge in [-0.25, -0.2) is 0 Å². The van der Waals surface area contributed by atoms with Gasteiger partial charge in [0, 0.05) is 40.7 Å². The van der Waals surface area contributed by atoms with E-state index in [2.05, 4.69) is 21.4 Å². The summed E-state index contributed by atoms with van der Waals surface area (Å²) in [6.45, 7) is -0.0371. The molecule has 0 amide bonds. The zero-order valence-corrected chi connectivity index (χ0v) is 13.9.